The van der Waals surface area contributed by atoms with Gasteiger partial charge in [-0.05, 0) is 46.9 Å². The highest BCUT2D eigenvalue weighted by Gasteiger charge is 2.32. The summed E-state index contributed by atoms with van der Waals surface area (Å²) in [7, 11) is 0. The zero-order valence-electron chi connectivity index (χ0n) is 17.8. The maximum Gasteiger partial charge on any atom is 0.251 e. The first-order valence-electron chi connectivity index (χ1n) is 10.6. The lowest BCUT2D eigenvalue weighted by atomic mass is 10.0. The highest BCUT2D eigenvalue weighted by Crippen LogP contribution is 2.39. The van der Waals surface area contributed by atoms with Gasteiger partial charge in [0, 0.05) is 23.7 Å². The van der Waals surface area contributed by atoms with Crippen molar-refractivity contribution < 1.29 is 9.59 Å². The van der Waals surface area contributed by atoms with Gasteiger partial charge in [0.05, 0.1) is 5.75 Å². The molecule has 2 amide bonds. The minimum Gasteiger partial charge on any atom is -0.351 e. The summed E-state index contributed by atoms with van der Waals surface area (Å²) in [6, 6.07) is 25.3. The predicted molar refractivity (Wildman–Crippen MR) is 131 cm³/mol. The number of hydrogen-bond donors (Lipinski definition) is 1. The van der Waals surface area contributed by atoms with Crippen LogP contribution in [0, 0.1) is 0 Å². The molecule has 0 radical (unpaired) electrons. The van der Waals surface area contributed by atoms with Crippen molar-refractivity contribution in [1.29, 1.82) is 0 Å². The van der Waals surface area contributed by atoms with Gasteiger partial charge in [-0.15, -0.1) is 11.8 Å². The van der Waals surface area contributed by atoms with E-state index in [-0.39, 0.29) is 23.1 Å². The zero-order valence-corrected chi connectivity index (χ0v) is 19.4. The van der Waals surface area contributed by atoms with E-state index in [2.05, 4.69) is 24.4 Å². The molecule has 0 spiro atoms. The third-order valence-electron chi connectivity index (χ3n) is 5.63. The Morgan fingerprint density at radius 2 is 1.75 bits per heavy atom. The molecule has 1 fully saturated rings. The molecule has 0 aliphatic carbocycles. The van der Waals surface area contributed by atoms with Gasteiger partial charge in [-0.3, -0.25) is 9.59 Å². The Kier molecular flexibility index (Phi) is 7.18. The average molecular weight is 465 g/mol. The summed E-state index contributed by atoms with van der Waals surface area (Å²) in [5, 5.41) is 3.64. The molecular formula is C26H25ClN2O2S. The first-order chi connectivity index (χ1) is 15.5. The van der Waals surface area contributed by atoms with Crippen LogP contribution in [0.15, 0.2) is 78.9 Å². The highest BCUT2D eigenvalue weighted by molar-refractivity contribution is 8.00. The molecule has 3 aromatic carbocycles. The van der Waals surface area contributed by atoms with Crippen molar-refractivity contribution in [2.24, 2.45) is 0 Å². The summed E-state index contributed by atoms with van der Waals surface area (Å²) in [6.07, 6.45) is 0. The Morgan fingerprint density at radius 3 is 2.44 bits per heavy atom. The molecule has 3 aromatic rings. The summed E-state index contributed by atoms with van der Waals surface area (Å²) in [6.45, 7) is 3.21. The number of halogens is 1. The molecule has 0 aromatic heterocycles. The van der Waals surface area contributed by atoms with Crippen molar-refractivity contribution >= 4 is 35.2 Å². The van der Waals surface area contributed by atoms with Crippen molar-refractivity contribution in [3.63, 3.8) is 0 Å². The number of amides is 2. The van der Waals surface area contributed by atoms with Gasteiger partial charge in [-0.2, -0.15) is 0 Å². The number of carbonyl (C=O) groups is 2. The van der Waals surface area contributed by atoms with Gasteiger partial charge in [0.25, 0.3) is 5.91 Å². The van der Waals surface area contributed by atoms with Gasteiger partial charge >= 0.3 is 0 Å². The molecule has 0 saturated carbocycles. The number of benzene rings is 3. The predicted octanol–water partition coefficient (Wildman–Crippen LogP) is 5.65. The van der Waals surface area contributed by atoms with Crippen molar-refractivity contribution in [1.82, 2.24) is 10.2 Å². The normalized spacial score (nSPS) is 16.8. The number of thioether (sulfide) groups is 1. The average Bonchev–Trinajstić information content (AvgIpc) is 3.19. The van der Waals surface area contributed by atoms with E-state index in [1.54, 1.807) is 11.8 Å². The van der Waals surface area contributed by atoms with Crippen LogP contribution in [0.4, 0.5) is 0 Å². The monoisotopic (exact) mass is 464 g/mol. The summed E-state index contributed by atoms with van der Waals surface area (Å²) >= 11 is 7.59. The summed E-state index contributed by atoms with van der Waals surface area (Å²) in [5.41, 5.74) is 3.88. The van der Waals surface area contributed by atoms with E-state index in [0.29, 0.717) is 29.4 Å². The second-order valence-electron chi connectivity index (χ2n) is 7.96. The largest absolute Gasteiger partial charge is 0.351 e. The molecule has 0 unspecified atom stereocenters. The van der Waals surface area contributed by atoms with Crippen LogP contribution in [-0.2, 0) is 11.3 Å². The number of carbonyl (C=O) groups excluding carboxylic acids is 2. The lowest BCUT2D eigenvalue weighted by Gasteiger charge is -2.24. The van der Waals surface area contributed by atoms with E-state index in [1.165, 1.54) is 5.56 Å². The van der Waals surface area contributed by atoms with Crippen LogP contribution in [0.5, 0.6) is 0 Å². The molecule has 1 aliphatic rings. The fraction of sp³-hybridized carbons (Fsp3) is 0.231. The maximum absolute atomic E-state index is 12.6. The molecular weight excluding hydrogens is 440 g/mol. The summed E-state index contributed by atoms with van der Waals surface area (Å²) < 4.78 is 0. The van der Waals surface area contributed by atoms with Gasteiger partial charge in [-0.25, -0.2) is 0 Å². The van der Waals surface area contributed by atoms with Gasteiger partial charge in [-0.1, -0.05) is 73.1 Å². The minimum atomic E-state index is -0.0903. The van der Waals surface area contributed by atoms with Crippen molar-refractivity contribution in [3.05, 3.63) is 106 Å². The SMILES string of the molecule is C[C@@H](CNC(=O)c1ccc([C@@H]2SCC(=O)N2Cc2ccc(Cl)cc2)cc1)c1ccccc1. The molecule has 4 rings (SSSR count). The molecule has 4 nitrogen and oxygen atoms in total. The Hall–Kier alpha value is -2.76. The van der Waals surface area contributed by atoms with Crippen LogP contribution in [0.1, 0.15) is 45.3 Å². The fourth-order valence-electron chi connectivity index (χ4n) is 3.73. The molecule has 1 heterocycles. The molecule has 1 N–H and O–H groups in total. The highest BCUT2D eigenvalue weighted by atomic mass is 35.5. The van der Waals surface area contributed by atoms with Gasteiger partial charge < -0.3 is 10.2 Å². The minimum absolute atomic E-state index is 0.0617. The van der Waals surface area contributed by atoms with Gasteiger partial charge in [0.1, 0.15) is 5.37 Å². The van der Waals surface area contributed by atoms with Crippen molar-refractivity contribution in [2.75, 3.05) is 12.3 Å². The topological polar surface area (TPSA) is 49.4 Å². The third kappa shape index (κ3) is 5.34. The maximum atomic E-state index is 12.6. The summed E-state index contributed by atoms with van der Waals surface area (Å²) in [5.74, 6) is 0.721. The van der Waals surface area contributed by atoms with Crippen molar-refractivity contribution in [2.45, 2.75) is 24.8 Å². The fourth-order valence-corrected chi connectivity index (χ4v) is 5.05. The Balaban J connectivity index is 1.39. The number of rotatable bonds is 7. The number of nitrogens with one attached hydrogen (secondary N) is 1. The molecule has 1 aliphatic heterocycles. The second-order valence-corrected chi connectivity index (χ2v) is 9.46. The Morgan fingerprint density at radius 1 is 1.06 bits per heavy atom. The first-order valence-corrected chi connectivity index (χ1v) is 12.0. The van der Waals surface area contributed by atoms with Crippen LogP contribution in [-0.4, -0.2) is 29.0 Å². The molecule has 0 bridgehead atoms. The van der Waals surface area contributed by atoms with Crippen LogP contribution in [0.2, 0.25) is 5.02 Å². The standard InChI is InChI=1S/C26H25ClN2O2S/c1-18(20-5-3-2-4-6-20)15-28-25(31)21-9-11-22(12-10-21)26-29(24(30)17-32-26)16-19-7-13-23(27)14-8-19/h2-14,18,26H,15-17H2,1H3,(H,28,31)/t18-,26-/m0/s1. The van der Waals surface area contributed by atoms with Crippen LogP contribution < -0.4 is 5.32 Å². The van der Waals surface area contributed by atoms with E-state index < -0.39 is 0 Å². The van der Waals surface area contributed by atoms with Gasteiger partial charge in [0.15, 0.2) is 0 Å². The van der Waals surface area contributed by atoms with E-state index in [9.17, 15) is 9.59 Å². The lowest BCUT2D eigenvalue weighted by molar-refractivity contribution is -0.128. The van der Waals surface area contributed by atoms with Crippen LogP contribution >= 0.6 is 23.4 Å². The summed E-state index contributed by atoms with van der Waals surface area (Å²) in [4.78, 5) is 27.0. The molecule has 32 heavy (non-hydrogen) atoms. The van der Waals surface area contributed by atoms with Gasteiger partial charge in [0.2, 0.25) is 5.91 Å². The van der Waals surface area contributed by atoms with E-state index in [4.69, 9.17) is 11.6 Å². The molecule has 164 valence electrons. The zero-order chi connectivity index (χ0) is 22.5. The quantitative estimate of drug-likeness (QED) is 0.491. The van der Waals surface area contributed by atoms with E-state index in [1.807, 2.05) is 71.6 Å². The number of hydrogen-bond acceptors (Lipinski definition) is 3. The van der Waals surface area contributed by atoms with Crippen molar-refractivity contribution in [3.8, 4) is 0 Å². The Bertz CT molecular complexity index is 1070. The molecule has 2 atom stereocenters. The van der Waals surface area contributed by atoms with E-state index in [0.717, 1.165) is 11.1 Å². The Labute approximate surface area is 198 Å². The second kappa shape index (κ2) is 10.2. The third-order valence-corrected chi connectivity index (χ3v) is 7.14. The van der Waals surface area contributed by atoms with E-state index >= 15 is 0 Å². The number of nitrogens with zero attached hydrogens (tertiary/aromatic N) is 1. The molecule has 1 saturated heterocycles. The lowest BCUT2D eigenvalue weighted by Crippen LogP contribution is -2.28. The van der Waals surface area contributed by atoms with Crippen LogP contribution in [0.3, 0.4) is 0 Å². The smallest absolute Gasteiger partial charge is 0.251 e. The molecule has 6 heteroatoms. The first kappa shape index (κ1) is 22.4. The van der Waals surface area contributed by atoms with Crippen LogP contribution in [0.25, 0.3) is 0 Å².